The van der Waals surface area contributed by atoms with Gasteiger partial charge in [-0.05, 0) is 47.1 Å². The molecule has 1 aromatic heterocycles. The summed E-state index contributed by atoms with van der Waals surface area (Å²) in [5.41, 5.74) is 0.242. The number of rotatable bonds is 3. The molecule has 0 aliphatic carbocycles. The molecule has 1 heterocycles. The van der Waals surface area contributed by atoms with Gasteiger partial charge in [0.25, 0.3) is 0 Å². The molecule has 0 fully saturated rings. The van der Waals surface area contributed by atoms with Crippen LogP contribution in [-0.2, 0) is 0 Å². The fraction of sp³-hybridized carbons (Fsp3) is 0.167. The Labute approximate surface area is 106 Å². The van der Waals surface area contributed by atoms with Crippen LogP contribution in [0.4, 0.5) is 14.5 Å². The predicted octanol–water partition coefficient (Wildman–Crippen LogP) is 4.49. The van der Waals surface area contributed by atoms with Crippen molar-refractivity contribution in [1.29, 1.82) is 0 Å². The van der Waals surface area contributed by atoms with Crippen LogP contribution in [0.25, 0.3) is 0 Å². The van der Waals surface area contributed by atoms with Gasteiger partial charge in [-0.2, -0.15) is 0 Å². The molecule has 0 saturated heterocycles. The van der Waals surface area contributed by atoms with Crippen molar-refractivity contribution in [1.82, 2.24) is 0 Å². The third-order valence-electron chi connectivity index (χ3n) is 2.32. The van der Waals surface area contributed by atoms with Gasteiger partial charge in [0, 0.05) is 6.07 Å². The van der Waals surface area contributed by atoms with Crippen molar-refractivity contribution in [2.45, 2.75) is 13.0 Å². The molecule has 17 heavy (non-hydrogen) atoms. The van der Waals surface area contributed by atoms with Crippen LogP contribution in [0, 0.1) is 11.6 Å². The van der Waals surface area contributed by atoms with Crippen LogP contribution in [0.5, 0.6) is 0 Å². The van der Waals surface area contributed by atoms with Gasteiger partial charge in [0.15, 0.2) is 4.67 Å². The second-order valence-electron chi connectivity index (χ2n) is 3.63. The smallest absolute Gasteiger partial charge is 0.169 e. The van der Waals surface area contributed by atoms with Crippen molar-refractivity contribution in [3.05, 3.63) is 52.4 Å². The third kappa shape index (κ3) is 2.85. The van der Waals surface area contributed by atoms with Crippen LogP contribution >= 0.6 is 15.9 Å². The molecule has 0 spiro atoms. The number of nitrogens with one attached hydrogen (secondary N) is 1. The molecular formula is C12H10BrF2NO. The largest absolute Gasteiger partial charge is 0.452 e. The normalized spacial score (nSPS) is 12.5. The zero-order valence-corrected chi connectivity index (χ0v) is 10.6. The Hall–Kier alpha value is -1.36. The fourth-order valence-corrected chi connectivity index (χ4v) is 1.79. The van der Waals surface area contributed by atoms with Gasteiger partial charge >= 0.3 is 0 Å². The van der Waals surface area contributed by atoms with Gasteiger partial charge in [0.05, 0.1) is 11.7 Å². The summed E-state index contributed by atoms with van der Waals surface area (Å²) in [6, 6.07) is 6.74. The zero-order chi connectivity index (χ0) is 12.4. The first kappa shape index (κ1) is 12.1. The standard InChI is InChI=1S/C12H10BrF2NO/c1-7(11-4-5-12(13)17-11)16-10-3-2-8(14)6-9(10)15/h2-7,16H,1H3. The Morgan fingerprint density at radius 2 is 2.00 bits per heavy atom. The lowest BCUT2D eigenvalue weighted by atomic mass is 10.2. The molecule has 1 N–H and O–H groups in total. The van der Waals surface area contributed by atoms with E-state index in [-0.39, 0.29) is 11.7 Å². The molecule has 0 aliphatic heterocycles. The summed E-state index contributed by atoms with van der Waals surface area (Å²) in [7, 11) is 0. The van der Waals surface area contributed by atoms with Crippen molar-refractivity contribution >= 4 is 21.6 Å². The van der Waals surface area contributed by atoms with Crippen LogP contribution in [0.1, 0.15) is 18.7 Å². The molecule has 1 aromatic carbocycles. The Morgan fingerprint density at radius 3 is 2.59 bits per heavy atom. The molecule has 5 heteroatoms. The minimum atomic E-state index is -0.623. The van der Waals surface area contributed by atoms with Gasteiger partial charge in [0.2, 0.25) is 0 Å². The minimum Gasteiger partial charge on any atom is -0.452 e. The third-order valence-corrected chi connectivity index (χ3v) is 2.75. The monoisotopic (exact) mass is 301 g/mol. The van der Waals surface area contributed by atoms with E-state index in [1.165, 1.54) is 12.1 Å². The lowest BCUT2D eigenvalue weighted by Gasteiger charge is -2.13. The van der Waals surface area contributed by atoms with E-state index >= 15 is 0 Å². The average molecular weight is 302 g/mol. The number of benzene rings is 1. The van der Waals surface area contributed by atoms with Gasteiger partial charge in [-0.15, -0.1) is 0 Å². The van der Waals surface area contributed by atoms with Crippen LogP contribution in [0.3, 0.4) is 0 Å². The van der Waals surface area contributed by atoms with Gasteiger partial charge in [-0.1, -0.05) is 0 Å². The van der Waals surface area contributed by atoms with Crippen molar-refractivity contribution in [3.63, 3.8) is 0 Å². The molecule has 2 aromatic rings. The average Bonchev–Trinajstić information content (AvgIpc) is 2.69. The lowest BCUT2D eigenvalue weighted by molar-refractivity contribution is 0.470. The Balaban J connectivity index is 2.15. The van der Waals surface area contributed by atoms with Crippen molar-refractivity contribution in [2.75, 3.05) is 5.32 Å². The Morgan fingerprint density at radius 1 is 1.24 bits per heavy atom. The van der Waals surface area contributed by atoms with E-state index in [2.05, 4.69) is 21.2 Å². The highest BCUT2D eigenvalue weighted by molar-refractivity contribution is 9.10. The SMILES string of the molecule is CC(Nc1ccc(F)cc1F)c1ccc(Br)o1. The quantitative estimate of drug-likeness (QED) is 0.903. The van der Waals surface area contributed by atoms with Crippen molar-refractivity contribution < 1.29 is 13.2 Å². The summed E-state index contributed by atoms with van der Waals surface area (Å²) in [6.45, 7) is 1.83. The van der Waals surface area contributed by atoms with Crippen LogP contribution in [0.15, 0.2) is 39.4 Å². The number of hydrogen-bond acceptors (Lipinski definition) is 2. The molecular weight excluding hydrogens is 292 g/mol. The van der Waals surface area contributed by atoms with Gasteiger partial charge in [-0.25, -0.2) is 8.78 Å². The fourth-order valence-electron chi connectivity index (χ4n) is 1.47. The van der Waals surface area contributed by atoms with Gasteiger partial charge < -0.3 is 9.73 Å². The number of anilines is 1. The Kier molecular flexibility index (Phi) is 3.47. The molecule has 2 nitrogen and oxygen atoms in total. The molecule has 0 bridgehead atoms. The second-order valence-corrected chi connectivity index (χ2v) is 4.41. The molecule has 0 radical (unpaired) electrons. The van der Waals surface area contributed by atoms with Gasteiger partial charge in [0.1, 0.15) is 17.4 Å². The summed E-state index contributed by atoms with van der Waals surface area (Å²) in [5, 5.41) is 2.91. The first-order chi connectivity index (χ1) is 8.06. The van der Waals surface area contributed by atoms with Crippen LogP contribution in [-0.4, -0.2) is 0 Å². The highest BCUT2D eigenvalue weighted by Gasteiger charge is 2.12. The van der Waals surface area contributed by atoms with Crippen molar-refractivity contribution in [2.24, 2.45) is 0 Å². The molecule has 2 rings (SSSR count). The summed E-state index contributed by atoms with van der Waals surface area (Å²) in [4.78, 5) is 0. The summed E-state index contributed by atoms with van der Waals surface area (Å²) in [6.07, 6.45) is 0. The van der Waals surface area contributed by atoms with E-state index in [0.29, 0.717) is 10.4 Å². The highest BCUT2D eigenvalue weighted by atomic mass is 79.9. The first-order valence-electron chi connectivity index (χ1n) is 5.03. The number of halogens is 3. The summed E-state index contributed by atoms with van der Waals surface area (Å²) >= 11 is 3.19. The second kappa shape index (κ2) is 4.87. The predicted molar refractivity (Wildman–Crippen MR) is 64.8 cm³/mol. The molecule has 1 unspecified atom stereocenters. The highest BCUT2D eigenvalue weighted by Crippen LogP contribution is 2.25. The maximum absolute atomic E-state index is 13.4. The number of furan rings is 1. The summed E-state index contributed by atoms with van der Waals surface area (Å²) in [5.74, 6) is -0.551. The van der Waals surface area contributed by atoms with E-state index in [1.54, 1.807) is 12.1 Å². The first-order valence-corrected chi connectivity index (χ1v) is 5.82. The molecule has 90 valence electrons. The van der Waals surface area contributed by atoms with E-state index in [9.17, 15) is 8.78 Å². The van der Waals surface area contributed by atoms with Gasteiger partial charge in [-0.3, -0.25) is 0 Å². The Bertz CT molecular complexity index is 527. The maximum Gasteiger partial charge on any atom is 0.169 e. The van der Waals surface area contributed by atoms with Crippen LogP contribution < -0.4 is 5.32 Å². The lowest BCUT2D eigenvalue weighted by Crippen LogP contribution is -2.07. The number of hydrogen-bond donors (Lipinski definition) is 1. The molecule has 0 amide bonds. The summed E-state index contributed by atoms with van der Waals surface area (Å²) < 4.78 is 32.1. The van der Waals surface area contributed by atoms with E-state index in [1.807, 2.05) is 6.92 Å². The topological polar surface area (TPSA) is 25.2 Å². The minimum absolute atomic E-state index is 0.207. The van der Waals surface area contributed by atoms with E-state index < -0.39 is 11.6 Å². The molecule has 0 saturated carbocycles. The van der Waals surface area contributed by atoms with Crippen molar-refractivity contribution in [3.8, 4) is 0 Å². The maximum atomic E-state index is 13.4. The molecule has 1 atom stereocenters. The molecule has 0 aliphatic rings. The van der Waals surface area contributed by atoms with Crippen LogP contribution in [0.2, 0.25) is 0 Å². The zero-order valence-electron chi connectivity index (χ0n) is 9.01. The van der Waals surface area contributed by atoms with E-state index in [4.69, 9.17) is 4.42 Å². The van der Waals surface area contributed by atoms with E-state index in [0.717, 1.165) is 6.07 Å².